The Balaban J connectivity index is 2.19. The molecule has 1 fully saturated rings. The molecule has 3 atom stereocenters. The lowest BCUT2D eigenvalue weighted by Gasteiger charge is -2.29. The molecule has 1 N–H and O–H groups in total. The van der Waals surface area contributed by atoms with E-state index in [4.69, 9.17) is 4.74 Å². The summed E-state index contributed by atoms with van der Waals surface area (Å²) in [5.74, 6) is -3.18. The molecule has 136 valence electrons. The van der Waals surface area contributed by atoms with E-state index in [9.17, 15) is 19.5 Å². The number of esters is 1. The van der Waals surface area contributed by atoms with Gasteiger partial charge in [-0.05, 0) is 24.3 Å². The third-order valence-corrected chi connectivity index (χ3v) is 4.84. The van der Waals surface area contributed by atoms with Crippen LogP contribution >= 0.6 is 0 Å². The van der Waals surface area contributed by atoms with Crippen molar-refractivity contribution in [3.05, 3.63) is 35.4 Å². The van der Waals surface area contributed by atoms with Gasteiger partial charge in [-0.2, -0.15) is 0 Å². The standard InChI is InChI=1S/C19H24O6/c1-24-11-16(19(23)25-2)17(20)13-9-7-12(8-10-13)14-5-3-4-6-15(14)18(21)22/h7-10,14-16H,3-6,11H2,1-2H3,(H,21,22)/t14-,15+,16?/m0/s1. The van der Waals surface area contributed by atoms with Crippen LogP contribution in [0.5, 0.6) is 0 Å². The molecule has 6 nitrogen and oxygen atoms in total. The van der Waals surface area contributed by atoms with Crippen molar-refractivity contribution in [3.63, 3.8) is 0 Å². The van der Waals surface area contributed by atoms with E-state index in [1.807, 2.05) is 0 Å². The number of benzene rings is 1. The van der Waals surface area contributed by atoms with Crippen LogP contribution in [0.15, 0.2) is 24.3 Å². The van der Waals surface area contributed by atoms with Gasteiger partial charge in [-0.3, -0.25) is 14.4 Å². The van der Waals surface area contributed by atoms with E-state index in [2.05, 4.69) is 4.74 Å². The van der Waals surface area contributed by atoms with Gasteiger partial charge in [0.15, 0.2) is 5.78 Å². The first-order valence-electron chi connectivity index (χ1n) is 8.43. The highest BCUT2D eigenvalue weighted by atomic mass is 16.5. The van der Waals surface area contributed by atoms with Crippen molar-refractivity contribution < 1.29 is 29.0 Å². The summed E-state index contributed by atoms with van der Waals surface area (Å²) in [6.45, 7) is -0.0447. The third-order valence-electron chi connectivity index (χ3n) is 4.84. The first-order valence-corrected chi connectivity index (χ1v) is 8.43. The molecule has 1 aromatic carbocycles. The zero-order valence-electron chi connectivity index (χ0n) is 14.6. The van der Waals surface area contributed by atoms with Crippen molar-refractivity contribution >= 4 is 17.7 Å². The lowest BCUT2D eigenvalue weighted by atomic mass is 9.75. The van der Waals surface area contributed by atoms with Crippen molar-refractivity contribution in [1.29, 1.82) is 0 Å². The largest absolute Gasteiger partial charge is 0.481 e. The topological polar surface area (TPSA) is 89.9 Å². The minimum Gasteiger partial charge on any atom is -0.481 e. The number of aliphatic carboxylic acids is 1. The molecular weight excluding hydrogens is 324 g/mol. The average Bonchev–Trinajstić information content (AvgIpc) is 2.65. The fraction of sp³-hybridized carbons (Fsp3) is 0.526. The molecule has 1 unspecified atom stereocenters. The minimum atomic E-state index is -0.998. The fourth-order valence-electron chi connectivity index (χ4n) is 3.48. The maximum absolute atomic E-state index is 12.5. The second kappa shape index (κ2) is 8.76. The molecule has 0 aromatic heterocycles. The maximum atomic E-state index is 12.5. The van der Waals surface area contributed by atoms with Gasteiger partial charge in [0.05, 0.1) is 19.6 Å². The van der Waals surface area contributed by atoms with Crippen LogP contribution in [0.3, 0.4) is 0 Å². The maximum Gasteiger partial charge on any atom is 0.318 e. The zero-order chi connectivity index (χ0) is 18.4. The monoisotopic (exact) mass is 348 g/mol. The van der Waals surface area contributed by atoms with Crippen LogP contribution in [0.2, 0.25) is 0 Å². The quantitative estimate of drug-likeness (QED) is 0.463. The lowest BCUT2D eigenvalue weighted by molar-refractivity contribution is -0.145. The van der Waals surface area contributed by atoms with Gasteiger partial charge in [0.2, 0.25) is 0 Å². The Morgan fingerprint density at radius 3 is 2.32 bits per heavy atom. The molecule has 0 saturated heterocycles. The number of ether oxygens (including phenoxy) is 2. The highest BCUT2D eigenvalue weighted by Crippen LogP contribution is 2.38. The number of rotatable bonds is 7. The van der Waals surface area contributed by atoms with Crippen molar-refractivity contribution in [2.24, 2.45) is 11.8 Å². The molecule has 1 aromatic rings. The number of carbonyl (C=O) groups is 3. The van der Waals surface area contributed by atoms with Crippen LogP contribution < -0.4 is 0 Å². The van der Waals surface area contributed by atoms with Gasteiger partial charge in [0.1, 0.15) is 5.92 Å². The van der Waals surface area contributed by atoms with Gasteiger partial charge in [-0.1, -0.05) is 37.1 Å². The number of carboxylic acids is 1. The zero-order valence-corrected chi connectivity index (χ0v) is 14.6. The summed E-state index contributed by atoms with van der Waals surface area (Å²) in [5, 5.41) is 9.41. The van der Waals surface area contributed by atoms with Gasteiger partial charge in [-0.25, -0.2) is 0 Å². The van der Waals surface area contributed by atoms with Crippen LogP contribution in [0, 0.1) is 11.8 Å². The predicted molar refractivity (Wildman–Crippen MR) is 90.5 cm³/mol. The summed E-state index contributed by atoms with van der Waals surface area (Å²) in [5.41, 5.74) is 1.31. The molecular formula is C19H24O6. The van der Waals surface area contributed by atoms with Crippen molar-refractivity contribution in [1.82, 2.24) is 0 Å². The second-order valence-corrected chi connectivity index (χ2v) is 6.35. The van der Waals surface area contributed by atoms with Gasteiger partial charge in [-0.15, -0.1) is 0 Å². The van der Waals surface area contributed by atoms with Crippen molar-refractivity contribution in [3.8, 4) is 0 Å². The summed E-state index contributed by atoms with van der Waals surface area (Å²) in [4.78, 5) is 35.7. The summed E-state index contributed by atoms with van der Waals surface area (Å²) in [6.07, 6.45) is 3.45. The van der Waals surface area contributed by atoms with Crippen molar-refractivity contribution in [2.45, 2.75) is 31.6 Å². The van der Waals surface area contributed by atoms with Crippen LogP contribution in [0.25, 0.3) is 0 Å². The molecule has 0 radical (unpaired) electrons. The van der Waals surface area contributed by atoms with Gasteiger partial charge < -0.3 is 14.6 Å². The van der Waals surface area contributed by atoms with E-state index in [1.165, 1.54) is 14.2 Å². The van der Waals surface area contributed by atoms with E-state index in [-0.39, 0.29) is 24.2 Å². The Kier molecular flexibility index (Phi) is 6.70. The molecule has 25 heavy (non-hydrogen) atoms. The molecule has 0 amide bonds. The Bertz CT molecular complexity index is 621. The van der Waals surface area contributed by atoms with Gasteiger partial charge in [0.25, 0.3) is 0 Å². The number of hydrogen-bond donors (Lipinski definition) is 1. The third kappa shape index (κ3) is 4.45. The molecule has 6 heteroatoms. The summed E-state index contributed by atoms with van der Waals surface area (Å²) >= 11 is 0. The predicted octanol–water partition coefficient (Wildman–Crippen LogP) is 2.66. The number of Topliss-reactive ketones (excluding diaryl/α,β-unsaturated/α-hetero) is 1. The summed E-state index contributed by atoms with van der Waals surface area (Å²) < 4.78 is 9.60. The molecule has 0 bridgehead atoms. The molecule has 2 rings (SSSR count). The Hall–Kier alpha value is -2.21. The molecule has 0 spiro atoms. The smallest absolute Gasteiger partial charge is 0.318 e. The van der Waals surface area contributed by atoms with Crippen LogP contribution in [-0.2, 0) is 19.1 Å². The summed E-state index contributed by atoms with van der Waals surface area (Å²) in [6, 6.07) is 6.88. The van der Waals surface area contributed by atoms with Gasteiger partial charge >= 0.3 is 11.9 Å². The Labute approximate surface area is 147 Å². The minimum absolute atomic E-state index is 0.0363. The number of methoxy groups -OCH3 is 2. The Morgan fingerprint density at radius 2 is 1.76 bits per heavy atom. The normalized spacial score (nSPS) is 21.4. The van der Waals surface area contributed by atoms with Crippen LogP contribution in [0.1, 0.15) is 47.5 Å². The first-order chi connectivity index (χ1) is 12.0. The number of carboxylic acid groups (broad SMARTS) is 1. The number of carbonyl (C=O) groups excluding carboxylic acids is 2. The van der Waals surface area contributed by atoms with E-state index in [0.717, 1.165) is 24.8 Å². The molecule has 0 aliphatic heterocycles. The van der Waals surface area contributed by atoms with Crippen molar-refractivity contribution in [2.75, 3.05) is 20.8 Å². The lowest BCUT2D eigenvalue weighted by Crippen LogP contribution is -2.29. The van der Waals surface area contributed by atoms with Crippen LogP contribution in [-0.4, -0.2) is 43.7 Å². The first kappa shape index (κ1) is 19.1. The Morgan fingerprint density at radius 1 is 1.12 bits per heavy atom. The van der Waals surface area contributed by atoms with E-state index >= 15 is 0 Å². The van der Waals surface area contributed by atoms with E-state index in [1.54, 1.807) is 24.3 Å². The van der Waals surface area contributed by atoms with Crippen LogP contribution in [0.4, 0.5) is 0 Å². The number of hydrogen-bond acceptors (Lipinski definition) is 5. The van der Waals surface area contributed by atoms with E-state index in [0.29, 0.717) is 12.0 Å². The highest BCUT2D eigenvalue weighted by Gasteiger charge is 2.32. The molecule has 1 aliphatic rings. The molecule has 0 heterocycles. The van der Waals surface area contributed by atoms with Gasteiger partial charge in [0, 0.05) is 12.7 Å². The summed E-state index contributed by atoms with van der Waals surface area (Å²) in [7, 11) is 2.65. The fourth-order valence-corrected chi connectivity index (χ4v) is 3.48. The average molecular weight is 348 g/mol. The molecule has 1 aliphatic carbocycles. The van der Waals surface area contributed by atoms with E-state index < -0.39 is 17.9 Å². The number of ketones is 1. The molecule has 1 saturated carbocycles. The second-order valence-electron chi connectivity index (χ2n) is 6.35. The SMILES string of the molecule is COCC(C(=O)OC)C(=O)c1ccc([C@@H]2CCCC[C@H]2C(=O)O)cc1. The highest BCUT2D eigenvalue weighted by molar-refractivity contribution is 6.08.